The van der Waals surface area contributed by atoms with Crippen LogP contribution >= 0.6 is 22.7 Å². The average molecular weight is 448 g/mol. The number of amides is 3. The van der Waals surface area contributed by atoms with Crippen molar-refractivity contribution < 1.29 is 29.0 Å². The summed E-state index contributed by atoms with van der Waals surface area (Å²) in [7, 11) is 0. The molecule has 4 rings (SSSR count). The third-order valence-electron chi connectivity index (χ3n) is 4.52. The Morgan fingerprint density at radius 3 is 2.63 bits per heavy atom. The Hall–Kier alpha value is -3.09. The SMILES string of the molecule is CC(=O)Nc1ncc(C2=C(C(=O)O)N3C(=O)C(c4cccs4)C3OC2NC(C)=O)s1. The largest absolute Gasteiger partial charge is 0.477 e. The maximum atomic E-state index is 12.9. The van der Waals surface area contributed by atoms with Crippen molar-refractivity contribution in [3.05, 3.63) is 39.2 Å². The molecule has 3 atom stereocenters. The first-order chi connectivity index (χ1) is 14.3. The molecule has 1 fully saturated rings. The van der Waals surface area contributed by atoms with E-state index in [0.29, 0.717) is 4.88 Å². The number of carboxylic acid groups (broad SMARTS) is 1. The van der Waals surface area contributed by atoms with Gasteiger partial charge in [-0.2, -0.15) is 0 Å². The minimum absolute atomic E-state index is 0.0982. The number of carboxylic acids is 1. The second-order valence-corrected chi connectivity index (χ2v) is 8.60. The summed E-state index contributed by atoms with van der Waals surface area (Å²) in [5.41, 5.74) is -0.179. The number of thiophene rings is 1. The molecule has 0 aromatic carbocycles. The van der Waals surface area contributed by atoms with Gasteiger partial charge in [0.05, 0.1) is 10.5 Å². The molecule has 156 valence electrons. The predicted octanol–water partition coefficient (Wildman–Crippen LogP) is 1.40. The summed E-state index contributed by atoms with van der Waals surface area (Å²) >= 11 is 2.39. The molecule has 3 amide bonds. The Kier molecular flexibility index (Phi) is 5.13. The van der Waals surface area contributed by atoms with E-state index in [0.717, 1.165) is 21.1 Å². The molecule has 30 heavy (non-hydrogen) atoms. The van der Waals surface area contributed by atoms with Crippen LogP contribution in [0.15, 0.2) is 29.4 Å². The molecular formula is C18H16N4O6S2. The molecule has 1 saturated heterocycles. The van der Waals surface area contributed by atoms with Gasteiger partial charge in [0.2, 0.25) is 17.7 Å². The lowest BCUT2D eigenvalue weighted by Crippen LogP contribution is -2.65. The summed E-state index contributed by atoms with van der Waals surface area (Å²) in [5.74, 6) is -3.14. The van der Waals surface area contributed by atoms with Gasteiger partial charge >= 0.3 is 5.97 Å². The van der Waals surface area contributed by atoms with Crippen LogP contribution in [0.1, 0.15) is 29.5 Å². The Labute approximate surface area is 178 Å². The monoisotopic (exact) mass is 448 g/mol. The molecular weight excluding hydrogens is 432 g/mol. The van der Waals surface area contributed by atoms with E-state index in [9.17, 15) is 24.3 Å². The number of β-lactam (4-membered cyclic amide) rings is 1. The predicted molar refractivity (Wildman–Crippen MR) is 107 cm³/mol. The lowest BCUT2D eigenvalue weighted by molar-refractivity contribution is -0.190. The minimum atomic E-state index is -1.33. The Bertz CT molecular complexity index is 1080. The number of aliphatic carboxylic acids is 1. The van der Waals surface area contributed by atoms with Crippen molar-refractivity contribution in [1.29, 1.82) is 0 Å². The molecule has 3 unspecified atom stereocenters. The molecule has 0 bridgehead atoms. The number of hydrogen-bond acceptors (Lipinski definition) is 8. The number of nitrogens with zero attached hydrogens (tertiary/aromatic N) is 2. The van der Waals surface area contributed by atoms with Gasteiger partial charge in [0.1, 0.15) is 11.6 Å². The molecule has 12 heteroatoms. The molecule has 10 nitrogen and oxygen atoms in total. The highest BCUT2D eigenvalue weighted by Gasteiger charge is 2.57. The first-order valence-electron chi connectivity index (χ1n) is 8.78. The molecule has 2 aliphatic rings. The highest BCUT2D eigenvalue weighted by molar-refractivity contribution is 7.16. The van der Waals surface area contributed by atoms with Crippen molar-refractivity contribution in [2.24, 2.45) is 0 Å². The van der Waals surface area contributed by atoms with Crippen LogP contribution in [0, 0.1) is 0 Å². The van der Waals surface area contributed by atoms with E-state index in [1.165, 1.54) is 31.4 Å². The van der Waals surface area contributed by atoms with Gasteiger partial charge in [0.15, 0.2) is 17.6 Å². The molecule has 2 aromatic rings. The third-order valence-corrected chi connectivity index (χ3v) is 6.42. The number of anilines is 1. The molecule has 2 aliphatic heterocycles. The Morgan fingerprint density at radius 1 is 1.27 bits per heavy atom. The highest BCUT2D eigenvalue weighted by atomic mass is 32.1. The van der Waals surface area contributed by atoms with Gasteiger partial charge in [0, 0.05) is 24.9 Å². The van der Waals surface area contributed by atoms with Gasteiger partial charge in [-0.15, -0.1) is 11.3 Å². The first kappa shape index (κ1) is 20.2. The van der Waals surface area contributed by atoms with Crippen molar-refractivity contribution in [2.45, 2.75) is 32.2 Å². The molecule has 0 spiro atoms. The lowest BCUT2D eigenvalue weighted by atomic mass is 9.89. The second-order valence-electron chi connectivity index (χ2n) is 6.59. The zero-order chi connectivity index (χ0) is 21.6. The number of rotatable bonds is 5. The van der Waals surface area contributed by atoms with E-state index in [2.05, 4.69) is 15.6 Å². The number of fused-ring (bicyclic) bond motifs is 1. The normalized spacial score (nSPS) is 22.9. The summed E-state index contributed by atoms with van der Waals surface area (Å²) in [5, 5.41) is 17.1. The summed E-state index contributed by atoms with van der Waals surface area (Å²) in [6, 6.07) is 3.58. The molecule has 0 radical (unpaired) electrons. The van der Waals surface area contributed by atoms with Gasteiger partial charge in [-0.05, 0) is 11.4 Å². The minimum Gasteiger partial charge on any atom is -0.477 e. The van der Waals surface area contributed by atoms with Crippen LogP contribution in [0.5, 0.6) is 0 Å². The third kappa shape index (κ3) is 3.38. The molecule has 0 saturated carbocycles. The maximum absolute atomic E-state index is 12.9. The van der Waals surface area contributed by atoms with E-state index < -0.39 is 36.2 Å². The van der Waals surface area contributed by atoms with Crippen LogP contribution < -0.4 is 10.6 Å². The average Bonchev–Trinajstić information content (AvgIpc) is 3.32. The van der Waals surface area contributed by atoms with Crippen LogP contribution in [0.25, 0.3) is 5.57 Å². The van der Waals surface area contributed by atoms with Gasteiger partial charge in [-0.25, -0.2) is 9.78 Å². The van der Waals surface area contributed by atoms with E-state index in [1.807, 2.05) is 5.38 Å². The summed E-state index contributed by atoms with van der Waals surface area (Å²) < 4.78 is 5.99. The van der Waals surface area contributed by atoms with Gasteiger partial charge in [-0.1, -0.05) is 17.4 Å². The van der Waals surface area contributed by atoms with E-state index >= 15 is 0 Å². The summed E-state index contributed by atoms with van der Waals surface area (Å²) in [6.07, 6.45) is -0.588. The van der Waals surface area contributed by atoms with E-state index in [-0.39, 0.29) is 22.3 Å². The van der Waals surface area contributed by atoms with Crippen LogP contribution in [0.4, 0.5) is 5.13 Å². The smallest absolute Gasteiger partial charge is 0.353 e. The van der Waals surface area contributed by atoms with Crippen molar-refractivity contribution >= 4 is 57.1 Å². The number of hydrogen-bond donors (Lipinski definition) is 3. The van der Waals surface area contributed by atoms with Gasteiger partial charge < -0.3 is 20.5 Å². The standard InChI is InChI=1S/C18H16N4O6S2/c1-7(23)20-14-11(10-6-19-18(30-10)21-8(2)24)13(17(26)27)22-15(25)12(16(22)28-14)9-4-3-5-29-9/h3-6,12,14,16H,1-2H3,(H,20,23)(H,26,27)(H,19,21,24). The van der Waals surface area contributed by atoms with Gasteiger partial charge in [0.25, 0.3) is 0 Å². The molecule has 0 aliphatic carbocycles. The van der Waals surface area contributed by atoms with Crippen LogP contribution in [-0.2, 0) is 23.9 Å². The molecule has 2 aromatic heterocycles. The lowest BCUT2D eigenvalue weighted by Gasteiger charge is -2.51. The highest BCUT2D eigenvalue weighted by Crippen LogP contribution is 2.47. The van der Waals surface area contributed by atoms with Crippen molar-refractivity contribution in [1.82, 2.24) is 15.2 Å². The van der Waals surface area contributed by atoms with Crippen molar-refractivity contribution in [3.8, 4) is 0 Å². The van der Waals surface area contributed by atoms with Crippen LogP contribution in [0.3, 0.4) is 0 Å². The fraction of sp³-hybridized carbons (Fsp3) is 0.278. The quantitative estimate of drug-likeness (QED) is 0.588. The molecule has 3 N–H and O–H groups in total. The van der Waals surface area contributed by atoms with Crippen LogP contribution in [-0.4, -0.2) is 51.1 Å². The second kappa shape index (κ2) is 7.63. The van der Waals surface area contributed by atoms with Crippen molar-refractivity contribution in [3.63, 3.8) is 0 Å². The zero-order valence-electron chi connectivity index (χ0n) is 15.7. The fourth-order valence-electron chi connectivity index (χ4n) is 3.39. The van der Waals surface area contributed by atoms with Gasteiger partial charge in [-0.3, -0.25) is 19.3 Å². The number of thiazole rings is 1. The van der Waals surface area contributed by atoms with Crippen molar-refractivity contribution in [2.75, 3.05) is 5.32 Å². The summed E-state index contributed by atoms with van der Waals surface area (Å²) in [4.78, 5) is 54.4. The number of carbonyl (C=O) groups excluding carboxylic acids is 3. The first-order valence-corrected chi connectivity index (χ1v) is 10.5. The number of ether oxygens (including phenoxy) is 1. The van der Waals surface area contributed by atoms with E-state index in [4.69, 9.17) is 4.74 Å². The molecule has 4 heterocycles. The summed E-state index contributed by atoms with van der Waals surface area (Å²) in [6.45, 7) is 2.60. The number of carbonyl (C=O) groups is 4. The fourth-order valence-corrected chi connectivity index (χ4v) is 5.16. The van der Waals surface area contributed by atoms with Crippen LogP contribution in [0.2, 0.25) is 0 Å². The number of nitrogens with one attached hydrogen (secondary N) is 2. The Morgan fingerprint density at radius 2 is 2.03 bits per heavy atom. The number of aromatic nitrogens is 1. The zero-order valence-corrected chi connectivity index (χ0v) is 17.4. The topological polar surface area (TPSA) is 138 Å². The Balaban J connectivity index is 1.80. The maximum Gasteiger partial charge on any atom is 0.353 e. The van der Waals surface area contributed by atoms with E-state index in [1.54, 1.807) is 12.1 Å².